The summed E-state index contributed by atoms with van der Waals surface area (Å²) >= 11 is 5.34. The predicted octanol–water partition coefficient (Wildman–Crippen LogP) is 4.82. The normalized spacial score (nSPS) is 15.6. The Morgan fingerprint density at radius 2 is 1.97 bits per heavy atom. The van der Waals surface area contributed by atoms with Crippen molar-refractivity contribution in [3.8, 4) is 5.75 Å². The van der Waals surface area contributed by atoms with E-state index in [2.05, 4.69) is 10.3 Å². The molecular weight excluding hydrogens is 438 g/mol. The first kappa shape index (κ1) is 23.2. The molecule has 1 amide bonds. The third kappa shape index (κ3) is 6.30. The van der Waals surface area contributed by atoms with E-state index in [9.17, 15) is 9.59 Å². The summed E-state index contributed by atoms with van der Waals surface area (Å²) in [6.45, 7) is 1.91. The van der Waals surface area contributed by atoms with Crippen LogP contribution in [0.5, 0.6) is 5.75 Å². The van der Waals surface area contributed by atoms with Gasteiger partial charge in [-0.25, -0.2) is 0 Å². The lowest BCUT2D eigenvalue weighted by Gasteiger charge is -2.12. The highest BCUT2D eigenvalue weighted by atomic mass is 32.1. The second-order valence-corrected chi connectivity index (χ2v) is 8.65. The molecule has 174 valence electrons. The minimum atomic E-state index is -0.0738. The Balaban J connectivity index is 1.17. The first-order chi connectivity index (χ1) is 16.1. The molecule has 0 aliphatic carbocycles. The van der Waals surface area contributed by atoms with Crippen molar-refractivity contribution in [2.75, 3.05) is 18.5 Å². The Bertz CT molecular complexity index is 1200. The van der Waals surface area contributed by atoms with Crippen LogP contribution in [0.3, 0.4) is 0 Å². The van der Waals surface area contributed by atoms with Crippen LogP contribution in [-0.4, -0.2) is 34.8 Å². The number of carbonyl (C=O) groups is 1. The van der Waals surface area contributed by atoms with Crippen molar-refractivity contribution in [3.05, 3.63) is 63.7 Å². The van der Waals surface area contributed by atoms with Crippen LogP contribution in [0.25, 0.3) is 10.9 Å². The summed E-state index contributed by atoms with van der Waals surface area (Å²) in [5, 5.41) is 3.55. The number of nitrogens with zero attached hydrogens (tertiary/aromatic N) is 1. The summed E-state index contributed by atoms with van der Waals surface area (Å²) in [5.41, 5.74) is 1.43. The summed E-state index contributed by atoms with van der Waals surface area (Å²) in [4.78, 5) is 28.0. The molecule has 3 aromatic rings. The fraction of sp³-hybridized carbons (Fsp3) is 0.400. The monoisotopic (exact) mass is 467 g/mol. The van der Waals surface area contributed by atoms with Gasteiger partial charge >= 0.3 is 0 Å². The van der Waals surface area contributed by atoms with Crippen molar-refractivity contribution in [3.63, 3.8) is 0 Å². The van der Waals surface area contributed by atoms with Crippen LogP contribution >= 0.6 is 12.2 Å². The van der Waals surface area contributed by atoms with Gasteiger partial charge in [-0.2, -0.15) is 0 Å². The molecule has 1 aliphatic rings. The fourth-order valence-corrected chi connectivity index (χ4v) is 4.24. The molecule has 1 unspecified atom stereocenters. The Hall–Kier alpha value is -2.97. The Labute approximate surface area is 197 Å². The molecule has 0 bridgehead atoms. The van der Waals surface area contributed by atoms with Gasteiger partial charge in [-0.1, -0.05) is 18.6 Å². The molecule has 2 heterocycles. The smallest absolute Gasteiger partial charge is 0.262 e. The van der Waals surface area contributed by atoms with Crippen molar-refractivity contribution in [1.82, 2.24) is 9.55 Å². The largest absolute Gasteiger partial charge is 0.491 e. The fourth-order valence-electron chi connectivity index (χ4n) is 3.96. The van der Waals surface area contributed by atoms with E-state index in [0.717, 1.165) is 55.7 Å². The summed E-state index contributed by atoms with van der Waals surface area (Å²) in [6.07, 6.45) is 5.09. The van der Waals surface area contributed by atoms with Gasteiger partial charge in [0.25, 0.3) is 5.56 Å². The summed E-state index contributed by atoms with van der Waals surface area (Å²) < 4.78 is 13.3. The highest BCUT2D eigenvalue weighted by Gasteiger charge is 2.16. The maximum absolute atomic E-state index is 12.7. The Morgan fingerprint density at radius 3 is 2.76 bits per heavy atom. The van der Waals surface area contributed by atoms with E-state index in [-0.39, 0.29) is 17.6 Å². The molecule has 4 rings (SSSR count). The average molecular weight is 468 g/mol. The SMILES string of the molecule is O=C(CCCCCn1c(=S)[nH]c2ccccc2c1=O)Nc1ccc(OCC2CCCO2)cc1. The number of H-pyrrole nitrogens is 1. The van der Waals surface area contributed by atoms with Gasteiger partial charge < -0.3 is 19.8 Å². The predicted molar refractivity (Wildman–Crippen MR) is 131 cm³/mol. The topological polar surface area (TPSA) is 85.4 Å². The summed E-state index contributed by atoms with van der Waals surface area (Å²) in [5.74, 6) is 0.744. The molecule has 0 radical (unpaired) electrons. The number of hydrogen-bond acceptors (Lipinski definition) is 5. The van der Waals surface area contributed by atoms with Crippen molar-refractivity contribution in [2.45, 2.75) is 51.2 Å². The number of carbonyl (C=O) groups excluding carboxylic acids is 1. The zero-order valence-corrected chi connectivity index (χ0v) is 19.4. The molecule has 8 heteroatoms. The standard InChI is InChI=1S/C25H29N3O4S/c29-23(26-18-11-13-19(14-12-18)32-17-20-7-6-16-31-20)10-2-1-5-15-28-24(30)21-8-3-4-9-22(21)27-25(28)33/h3-4,8-9,11-14,20H,1-2,5-7,10,15-17H2,(H,26,29)(H,27,33). The second-order valence-electron chi connectivity index (χ2n) is 8.26. The van der Waals surface area contributed by atoms with E-state index in [1.165, 1.54) is 0 Å². The zero-order valence-electron chi connectivity index (χ0n) is 18.5. The maximum Gasteiger partial charge on any atom is 0.262 e. The number of aromatic nitrogens is 2. The van der Waals surface area contributed by atoms with E-state index in [4.69, 9.17) is 21.7 Å². The van der Waals surface area contributed by atoms with Crippen LogP contribution in [0.1, 0.15) is 38.5 Å². The molecule has 33 heavy (non-hydrogen) atoms. The third-order valence-corrected chi connectivity index (χ3v) is 6.10. The first-order valence-electron chi connectivity index (χ1n) is 11.5. The minimum absolute atomic E-state index is 0.0248. The van der Waals surface area contributed by atoms with Crippen molar-refractivity contribution in [2.24, 2.45) is 0 Å². The van der Waals surface area contributed by atoms with Crippen molar-refractivity contribution >= 4 is 34.7 Å². The maximum atomic E-state index is 12.7. The third-order valence-electron chi connectivity index (χ3n) is 5.77. The quantitative estimate of drug-likeness (QED) is 0.330. The van der Waals surface area contributed by atoms with Crippen LogP contribution in [0.4, 0.5) is 5.69 Å². The number of hydrogen-bond donors (Lipinski definition) is 2. The zero-order chi connectivity index (χ0) is 23.0. The molecule has 1 fully saturated rings. The lowest BCUT2D eigenvalue weighted by atomic mass is 10.2. The van der Waals surface area contributed by atoms with Crippen LogP contribution in [-0.2, 0) is 16.1 Å². The van der Waals surface area contributed by atoms with Crippen LogP contribution in [0.2, 0.25) is 0 Å². The van der Waals surface area contributed by atoms with E-state index in [0.29, 0.717) is 29.7 Å². The number of benzene rings is 2. The Morgan fingerprint density at radius 1 is 1.15 bits per heavy atom. The molecule has 7 nitrogen and oxygen atoms in total. The van der Waals surface area contributed by atoms with E-state index < -0.39 is 0 Å². The second kappa shape index (κ2) is 11.2. The molecule has 0 spiro atoms. The molecule has 1 saturated heterocycles. The van der Waals surface area contributed by atoms with E-state index >= 15 is 0 Å². The van der Waals surface area contributed by atoms with Crippen molar-refractivity contribution < 1.29 is 14.3 Å². The molecule has 2 N–H and O–H groups in total. The summed E-state index contributed by atoms with van der Waals surface area (Å²) in [6, 6.07) is 14.8. The first-order valence-corrected chi connectivity index (χ1v) is 11.9. The van der Waals surface area contributed by atoms with Crippen LogP contribution < -0.4 is 15.6 Å². The van der Waals surface area contributed by atoms with E-state index in [1.54, 1.807) is 10.6 Å². The van der Waals surface area contributed by atoms with Gasteiger partial charge in [0.15, 0.2) is 4.77 Å². The van der Waals surface area contributed by atoms with Gasteiger partial charge in [-0.15, -0.1) is 0 Å². The van der Waals surface area contributed by atoms with Crippen molar-refractivity contribution in [1.29, 1.82) is 0 Å². The minimum Gasteiger partial charge on any atom is -0.491 e. The van der Waals surface area contributed by atoms with Crippen LogP contribution in [0.15, 0.2) is 53.3 Å². The number of rotatable bonds is 10. The number of fused-ring (bicyclic) bond motifs is 1. The van der Waals surface area contributed by atoms with Gasteiger partial charge in [-0.05, 0) is 74.3 Å². The van der Waals surface area contributed by atoms with E-state index in [1.807, 2.05) is 42.5 Å². The lowest BCUT2D eigenvalue weighted by Crippen LogP contribution is -2.22. The van der Waals surface area contributed by atoms with Gasteiger partial charge in [0.2, 0.25) is 5.91 Å². The molecule has 2 aromatic carbocycles. The van der Waals surface area contributed by atoms with Gasteiger partial charge in [0.1, 0.15) is 12.4 Å². The Kier molecular flexibility index (Phi) is 7.91. The van der Waals surface area contributed by atoms with Crippen LogP contribution in [0, 0.1) is 4.77 Å². The average Bonchev–Trinajstić information content (AvgIpc) is 3.34. The number of aromatic amines is 1. The van der Waals surface area contributed by atoms with Gasteiger partial charge in [-0.3, -0.25) is 14.2 Å². The number of amides is 1. The lowest BCUT2D eigenvalue weighted by molar-refractivity contribution is -0.116. The number of anilines is 1. The molecule has 1 aliphatic heterocycles. The van der Waals surface area contributed by atoms with Gasteiger partial charge in [0.05, 0.1) is 17.0 Å². The number of unbranched alkanes of at least 4 members (excludes halogenated alkanes) is 2. The van der Waals surface area contributed by atoms with Gasteiger partial charge in [0, 0.05) is 25.3 Å². The number of ether oxygens (including phenoxy) is 2. The number of nitrogens with one attached hydrogen (secondary N) is 2. The molecule has 1 aromatic heterocycles. The molecule has 0 saturated carbocycles. The molecular formula is C25H29N3O4S. The number of para-hydroxylation sites is 1. The summed E-state index contributed by atoms with van der Waals surface area (Å²) in [7, 11) is 0. The highest BCUT2D eigenvalue weighted by molar-refractivity contribution is 7.71. The highest BCUT2D eigenvalue weighted by Crippen LogP contribution is 2.19. The molecule has 1 atom stereocenters.